The molecule has 0 radical (unpaired) electrons. The molecule has 1 aromatic rings. The van der Waals surface area contributed by atoms with Crippen molar-refractivity contribution in [1.82, 2.24) is 0 Å². The Morgan fingerprint density at radius 1 is 1.18 bits per heavy atom. The molecule has 0 bridgehead atoms. The second kappa shape index (κ2) is 4.34. The molecule has 1 rings (SSSR count). The lowest BCUT2D eigenvalue weighted by molar-refractivity contribution is 1.62. The summed E-state index contributed by atoms with van der Waals surface area (Å²) in [6, 6.07) is 8.17. The lowest BCUT2D eigenvalue weighted by Crippen LogP contribution is -1.76. The minimum Gasteiger partial charge on any atom is -0.0984 e. The van der Waals surface area contributed by atoms with Crippen molar-refractivity contribution in [3.05, 3.63) is 46.1 Å². The molecule has 1 heteroatoms. The van der Waals surface area contributed by atoms with Gasteiger partial charge in [-0.05, 0) is 21.3 Å². The molecule has 0 aliphatic heterocycles. The van der Waals surface area contributed by atoms with Crippen LogP contribution in [0.15, 0.2) is 34.9 Å². The van der Waals surface area contributed by atoms with E-state index in [1.165, 1.54) is 11.1 Å². The van der Waals surface area contributed by atoms with Gasteiger partial charge in [-0.2, -0.15) is 0 Å². The normalized spacial score (nSPS) is 10.3. The number of benzene rings is 1. The quantitative estimate of drug-likeness (QED) is 0.707. The molecule has 0 spiro atoms. The first-order valence-electron chi connectivity index (χ1n) is 3.36. The summed E-state index contributed by atoms with van der Waals surface area (Å²) in [5.74, 6) is 0. The Bertz CT molecular complexity index is 274. The van der Waals surface area contributed by atoms with Crippen molar-refractivity contribution in [2.24, 2.45) is 0 Å². The maximum Gasteiger partial charge on any atom is -0.0180 e. The minimum absolute atomic E-state index is 1.18. The van der Waals surface area contributed by atoms with Crippen LogP contribution in [0.3, 0.4) is 0 Å². The van der Waals surface area contributed by atoms with Crippen molar-refractivity contribution >= 4 is 34.7 Å². The summed E-state index contributed by atoms with van der Waals surface area (Å²) in [7, 11) is 0. The highest BCUT2D eigenvalue weighted by atomic mass is 127. The largest absolute Gasteiger partial charge is 0.0984 e. The molecular formula is C10H9I. The fourth-order valence-corrected chi connectivity index (χ4v) is 1.30. The Morgan fingerprint density at radius 3 is 2.36 bits per heavy atom. The fraction of sp³-hybridized carbons (Fsp3) is 0. The summed E-state index contributed by atoms with van der Waals surface area (Å²) >= 11 is 2.21. The van der Waals surface area contributed by atoms with Crippen LogP contribution in [0.25, 0.3) is 12.2 Å². The maximum absolute atomic E-state index is 3.74. The number of halogens is 1. The zero-order valence-corrected chi connectivity index (χ0v) is 8.28. The van der Waals surface area contributed by atoms with Gasteiger partial charge in [0.1, 0.15) is 0 Å². The van der Waals surface area contributed by atoms with E-state index >= 15 is 0 Å². The molecule has 0 heterocycles. The van der Waals surface area contributed by atoms with Gasteiger partial charge in [0.15, 0.2) is 0 Å². The van der Waals surface area contributed by atoms with Crippen LogP contribution in [0, 0.1) is 0 Å². The first kappa shape index (κ1) is 8.53. The Hall–Kier alpha value is -0.570. The summed E-state index contributed by atoms with van der Waals surface area (Å²) in [6.07, 6.45) is 3.93. The number of hydrogen-bond acceptors (Lipinski definition) is 0. The van der Waals surface area contributed by atoms with Crippen LogP contribution >= 0.6 is 22.6 Å². The lowest BCUT2D eigenvalue weighted by atomic mass is 10.1. The Kier molecular flexibility index (Phi) is 3.36. The molecule has 0 atom stereocenters. The lowest BCUT2D eigenvalue weighted by Gasteiger charge is -1.97. The molecule has 11 heavy (non-hydrogen) atoms. The number of hydrogen-bond donors (Lipinski definition) is 0. The molecule has 0 aliphatic carbocycles. The van der Waals surface area contributed by atoms with Crippen molar-refractivity contribution in [3.63, 3.8) is 0 Å². The molecule has 0 amide bonds. The third-order valence-corrected chi connectivity index (χ3v) is 1.82. The minimum atomic E-state index is 1.18. The van der Waals surface area contributed by atoms with Gasteiger partial charge in [-0.1, -0.05) is 59.5 Å². The summed E-state index contributed by atoms with van der Waals surface area (Å²) in [6.45, 7) is 3.74. The van der Waals surface area contributed by atoms with Crippen LogP contribution in [0.5, 0.6) is 0 Å². The third-order valence-electron chi connectivity index (χ3n) is 1.46. The molecule has 0 aromatic heterocycles. The summed E-state index contributed by atoms with van der Waals surface area (Å²) in [4.78, 5) is 0. The molecule has 0 saturated heterocycles. The first-order chi connectivity index (χ1) is 5.38. The molecule has 0 N–H and O–H groups in total. The topological polar surface area (TPSA) is 0 Å². The highest BCUT2D eigenvalue weighted by Gasteiger charge is 1.90. The van der Waals surface area contributed by atoms with Crippen LogP contribution in [0.1, 0.15) is 11.1 Å². The SMILES string of the molecule is C=Cc1ccccc1/C=C\I. The van der Waals surface area contributed by atoms with Crippen LogP contribution in [-0.2, 0) is 0 Å². The second-order valence-corrected chi connectivity index (χ2v) is 2.84. The molecule has 1 aromatic carbocycles. The van der Waals surface area contributed by atoms with Gasteiger partial charge < -0.3 is 0 Å². The number of rotatable bonds is 2. The van der Waals surface area contributed by atoms with Gasteiger partial charge in [0.25, 0.3) is 0 Å². The van der Waals surface area contributed by atoms with Crippen molar-refractivity contribution in [1.29, 1.82) is 0 Å². The summed E-state index contributed by atoms with van der Waals surface area (Å²) in [5.41, 5.74) is 2.40. The molecule has 0 fully saturated rings. The summed E-state index contributed by atoms with van der Waals surface area (Å²) < 4.78 is 2.00. The highest BCUT2D eigenvalue weighted by molar-refractivity contribution is 14.1. The predicted octanol–water partition coefficient (Wildman–Crippen LogP) is 3.74. The van der Waals surface area contributed by atoms with Crippen LogP contribution in [0.4, 0.5) is 0 Å². The van der Waals surface area contributed by atoms with Crippen LogP contribution in [-0.4, -0.2) is 0 Å². The van der Waals surface area contributed by atoms with E-state index in [1.807, 2.05) is 22.3 Å². The van der Waals surface area contributed by atoms with Crippen molar-refractivity contribution in [2.75, 3.05) is 0 Å². The van der Waals surface area contributed by atoms with E-state index < -0.39 is 0 Å². The monoisotopic (exact) mass is 256 g/mol. The van der Waals surface area contributed by atoms with E-state index in [9.17, 15) is 0 Å². The van der Waals surface area contributed by atoms with Gasteiger partial charge in [-0.25, -0.2) is 0 Å². The second-order valence-electron chi connectivity index (χ2n) is 2.13. The standard InChI is InChI=1S/C10H9I/c1-2-9-5-3-4-6-10(9)7-8-11/h2-8H,1H2/b8-7-. The van der Waals surface area contributed by atoms with E-state index in [4.69, 9.17) is 0 Å². The van der Waals surface area contributed by atoms with E-state index in [0.29, 0.717) is 0 Å². The average molecular weight is 256 g/mol. The molecule has 0 nitrogen and oxygen atoms in total. The zero-order valence-electron chi connectivity index (χ0n) is 6.13. The van der Waals surface area contributed by atoms with E-state index in [1.54, 1.807) is 0 Å². The van der Waals surface area contributed by atoms with E-state index in [-0.39, 0.29) is 0 Å². The highest BCUT2D eigenvalue weighted by Crippen LogP contribution is 2.12. The van der Waals surface area contributed by atoms with Crippen LogP contribution in [0.2, 0.25) is 0 Å². The Morgan fingerprint density at radius 2 is 1.82 bits per heavy atom. The fourth-order valence-electron chi connectivity index (χ4n) is 0.916. The van der Waals surface area contributed by atoms with Gasteiger partial charge in [0.2, 0.25) is 0 Å². The van der Waals surface area contributed by atoms with E-state index in [2.05, 4.69) is 47.4 Å². The first-order valence-corrected chi connectivity index (χ1v) is 4.61. The Labute approximate surface area is 80.8 Å². The molecule has 0 aliphatic rings. The van der Waals surface area contributed by atoms with E-state index in [0.717, 1.165) is 0 Å². The molecule has 0 unspecified atom stereocenters. The maximum atomic E-state index is 3.74. The zero-order chi connectivity index (χ0) is 8.10. The van der Waals surface area contributed by atoms with Crippen molar-refractivity contribution in [2.45, 2.75) is 0 Å². The van der Waals surface area contributed by atoms with Gasteiger partial charge >= 0.3 is 0 Å². The molecular weight excluding hydrogens is 247 g/mol. The van der Waals surface area contributed by atoms with Crippen LogP contribution < -0.4 is 0 Å². The predicted molar refractivity (Wildman–Crippen MR) is 59.6 cm³/mol. The summed E-state index contributed by atoms with van der Waals surface area (Å²) in [5, 5.41) is 0. The molecule has 0 saturated carbocycles. The Balaban J connectivity index is 3.11. The third kappa shape index (κ3) is 2.19. The average Bonchev–Trinajstić information content (AvgIpc) is 2.06. The van der Waals surface area contributed by atoms with Gasteiger partial charge in [0, 0.05) is 0 Å². The van der Waals surface area contributed by atoms with Gasteiger partial charge in [-0.15, -0.1) is 0 Å². The van der Waals surface area contributed by atoms with Crippen molar-refractivity contribution in [3.8, 4) is 0 Å². The smallest absolute Gasteiger partial charge is 0.0180 e. The molecule has 56 valence electrons. The van der Waals surface area contributed by atoms with Gasteiger partial charge in [-0.3, -0.25) is 0 Å². The van der Waals surface area contributed by atoms with Crippen molar-refractivity contribution < 1.29 is 0 Å². The van der Waals surface area contributed by atoms with Gasteiger partial charge in [0.05, 0.1) is 0 Å².